The molecule has 1 amide bonds. The summed E-state index contributed by atoms with van der Waals surface area (Å²) in [4.78, 5) is 13.0. The van der Waals surface area contributed by atoms with Gasteiger partial charge in [0.2, 0.25) is 5.91 Å². The Morgan fingerprint density at radius 1 is 1.12 bits per heavy atom. The number of nitrogens with zero attached hydrogens (tertiary/aromatic N) is 1. The van der Waals surface area contributed by atoms with Crippen LogP contribution in [-0.4, -0.2) is 12.1 Å². The fourth-order valence-electron chi connectivity index (χ4n) is 6.53. The van der Waals surface area contributed by atoms with Crippen molar-refractivity contribution >= 4 is 28.1 Å². The number of nitrogens with one attached hydrogen (secondary N) is 1. The molecule has 3 nitrogen and oxygen atoms in total. The van der Waals surface area contributed by atoms with E-state index in [0.29, 0.717) is 10.8 Å². The summed E-state index contributed by atoms with van der Waals surface area (Å²) in [6.45, 7) is 4.78. The highest BCUT2D eigenvalue weighted by Gasteiger charge is 2.62. The van der Waals surface area contributed by atoms with Gasteiger partial charge >= 0.3 is 0 Å². The van der Waals surface area contributed by atoms with Crippen LogP contribution in [0.2, 0.25) is 0 Å². The van der Waals surface area contributed by atoms with Gasteiger partial charge in [0.05, 0.1) is 11.6 Å². The van der Waals surface area contributed by atoms with E-state index < -0.39 is 0 Å². The van der Waals surface area contributed by atoms with Crippen LogP contribution in [0.25, 0.3) is 0 Å². The fraction of sp³-hybridized carbons (Fsp3) is 0.600. The summed E-state index contributed by atoms with van der Waals surface area (Å²) in [5, 5.41) is 4.23. The lowest BCUT2D eigenvalue weighted by molar-refractivity contribution is -0.170. The maximum Gasteiger partial charge on any atom is 0.246 e. The van der Waals surface area contributed by atoms with Gasteiger partial charge in [0, 0.05) is 4.47 Å². The lowest BCUT2D eigenvalue weighted by Crippen LogP contribution is -2.59. The Labute approximate surface area is 152 Å². The van der Waals surface area contributed by atoms with Gasteiger partial charge in [0.15, 0.2) is 0 Å². The predicted octanol–water partition coefficient (Wildman–Crippen LogP) is 4.90. The molecule has 24 heavy (non-hydrogen) atoms. The van der Waals surface area contributed by atoms with E-state index in [4.69, 9.17) is 0 Å². The minimum absolute atomic E-state index is 0.136. The van der Waals surface area contributed by atoms with Crippen LogP contribution in [0.1, 0.15) is 57.9 Å². The van der Waals surface area contributed by atoms with Gasteiger partial charge in [-0.2, -0.15) is 5.10 Å². The first-order chi connectivity index (χ1) is 11.3. The van der Waals surface area contributed by atoms with Crippen LogP contribution in [0.4, 0.5) is 0 Å². The third-order valence-corrected chi connectivity index (χ3v) is 6.89. The maximum atomic E-state index is 13.0. The van der Waals surface area contributed by atoms with E-state index in [1.165, 1.54) is 19.3 Å². The number of amides is 1. The highest BCUT2D eigenvalue weighted by Crippen LogP contribution is 2.69. The molecule has 4 heteroatoms. The fourth-order valence-corrected chi connectivity index (χ4v) is 6.80. The monoisotopic (exact) mass is 388 g/mol. The molecule has 0 saturated heterocycles. The Bertz CT molecular complexity index is 678. The van der Waals surface area contributed by atoms with Crippen molar-refractivity contribution in [2.24, 2.45) is 27.3 Å². The average molecular weight is 389 g/mol. The summed E-state index contributed by atoms with van der Waals surface area (Å²) in [6, 6.07) is 7.91. The molecule has 4 bridgehead atoms. The molecule has 4 aliphatic carbocycles. The van der Waals surface area contributed by atoms with Gasteiger partial charge in [0.1, 0.15) is 0 Å². The zero-order chi connectivity index (χ0) is 17.0. The molecular weight excluding hydrogens is 364 g/mol. The van der Waals surface area contributed by atoms with Gasteiger partial charge in [-0.15, -0.1) is 0 Å². The smallest absolute Gasteiger partial charge is 0.246 e. The molecule has 0 spiro atoms. The Morgan fingerprint density at radius 3 is 2.33 bits per heavy atom. The number of carbonyl (C=O) groups excluding carboxylic acids is 1. The number of halogens is 1. The molecule has 0 aromatic heterocycles. The van der Waals surface area contributed by atoms with E-state index in [1.54, 1.807) is 6.21 Å². The number of hydrogen-bond donors (Lipinski definition) is 1. The third-order valence-electron chi connectivity index (χ3n) is 6.36. The molecule has 0 aliphatic heterocycles. The zero-order valence-corrected chi connectivity index (χ0v) is 16.0. The number of benzene rings is 1. The molecule has 2 atom stereocenters. The molecule has 4 saturated carbocycles. The van der Waals surface area contributed by atoms with E-state index in [9.17, 15) is 4.79 Å². The topological polar surface area (TPSA) is 41.5 Å². The van der Waals surface area contributed by atoms with Crippen LogP contribution in [-0.2, 0) is 4.79 Å². The zero-order valence-electron chi connectivity index (χ0n) is 14.4. The van der Waals surface area contributed by atoms with Gasteiger partial charge in [-0.1, -0.05) is 41.9 Å². The number of carbonyl (C=O) groups is 1. The normalized spacial score (nSPS) is 40.2. The summed E-state index contributed by atoms with van der Waals surface area (Å²) >= 11 is 3.42. The molecule has 1 N–H and O–H groups in total. The first kappa shape index (κ1) is 16.3. The standard InChI is InChI=1S/C20H25BrN2O/c1-18-7-15-8-19(2,11-18)13-20(9-15,12-18)17(24)23-22-10-14-3-5-16(21)6-4-14/h3-6,10,15H,7-9,11-13H2,1-2H3,(H,23,24). The van der Waals surface area contributed by atoms with Crippen molar-refractivity contribution in [1.82, 2.24) is 5.43 Å². The van der Waals surface area contributed by atoms with Crippen molar-refractivity contribution in [2.45, 2.75) is 52.4 Å². The average Bonchev–Trinajstić information content (AvgIpc) is 2.45. The van der Waals surface area contributed by atoms with Crippen molar-refractivity contribution in [3.63, 3.8) is 0 Å². The summed E-state index contributed by atoms with van der Waals surface area (Å²) in [6.07, 6.45) is 8.75. The Balaban J connectivity index is 1.49. The molecule has 2 unspecified atom stereocenters. The van der Waals surface area contributed by atoms with E-state index in [1.807, 2.05) is 24.3 Å². The first-order valence-corrected chi connectivity index (χ1v) is 9.68. The van der Waals surface area contributed by atoms with Gasteiger partial charge in [-0.25, -0.2) is 5.43 Å². The maximum absolute atomic E-state index is 13.0. The SMILES string of the molecule is CC12CC3CC(C)(C1)CC(C(=O)NN=Cc1ccc(Br)cc1)(C3)C2. The van der Waals surface area contributed by atoms with Crippen LogP contribution < -0.4 is 5.43 Å². The van der Waals surface area contributed by atoms with Gasteiger partial charge in [-0.05, 0) is 73.0 Å². The van der Waals surface area contributed by atoms with Crippen LogP contribution in [0, 0.1) is 22.2 Å². The van der Waals surface area contributed by atoms with E-state index >= 15 is 0 Å². The Kier molecular flexibility index (Phi) is 3.68. The highest BCUT2D eigenvalue weighted by molar-refractivity contribution is 9.10. The van der Waals surface area contributed by atoms with Crippen LogP contribution in [0.15, 0.2) is 33.8 Å². The second-order valence-electron chi connectivity index (χ2n) is 9.16. The third kappa shape index (κ3) is 2.83. The molecule has 0 radical (unpaired) electrons. The number of hydrogen-bond acceptors (Lipinski definition) is 2. The van der Waals surface area contributed by atoms with Crippen molar-refractivity contribution < 1.29 is 4.79 Å². The minimum atomic E-state index is -0.194. The summed E-state index contributed by atoms with van der Waals surface area (Å²) in [5.74, 6) is 0.856. The lowest BCUT2D eigenvalue weighted by atomic mass is 9.40. The second-order valence-corrected chi connectivity index (χ2v) is 10.1. The number of rotatable bonds is 3. The van der Waals surface area contributed by atoms with Gasteiger partial charge in [-0.3, -0.25) is 4.79 Å². The molecule has 4 fully saturated rings. The van der Waals surface area contributed by atoms with Gasteiger partial charge in [0.25, 0.3) is 0 Å². The van der Waals surface area contributed by atoms with Crippen molar-refractivity contribution in [1.29, 1.82) is 0 Å². The molecule has 4 aliphatic rings. The van der Waals surface area contributed by atoms with Crippen molar-refractivity contribution in [2.75, 3.05) is 0 Å². The molecule has 128 valence electrons. The Morgan fingerprint density at radius 2 is 1.75 bits per heavy atom. The van der Waals surface area contributed by atoms with Crippen LogP contribution in [0.5, 0.6) is 0 Å². The molecule has 1 aromatic carbocycles. The van der Waals surface area contributed by atoms with E-state index in [-0.39, 0.29) is 11.3 Å². The van der Waals surface area contributed by atoms with Crippen LogP contribution >= 0.6 is 15.9 Å². The summed E-state index contributed by atoms with van der Waals surface area (Å²) < 4.78 is 1.04. The lowest BCUT2D eigenvalue weighted by Gasteiger charge is -2.64. The van der Waals surface area contributed by atoms with Crippen molar-refractivity contribution in [3.8, 4) is 0 Å². The quantitative estimate of drug-likeness (QED) is 0.580. The first-order valence-electron chi connectivity index (χ1n) is 8.89. The molecular formula is C20H25BrN2O. The van der Waals surface area contributed by atoms with E-state index in [2.05, 4.69) is 40.3 Å². The number of hydrazone groups is 1. The van der Waals surface area contributed by atoms with E-state index in [0.717, 1.165) is 35.2 Å². The summed E-state index contributed by atoms with van der Waals surface area (Å²) in [5.41, 5.74) is 4.35. The molecule has 0 heterocycles. The molecule has 1 aromatic rings. The minimum Gasteiger partial charge on any atom is -0.273 e. The highest BCUT2D eigenvalue weighted by atomic mass is 79.9. The van der Waals surface area contributed by atoms with Gasteiger partial charge < -0.3 is 0 Å². The van der Waals surface area contributed by atoms with Crippen molar-refractivity contribution in [3.05, 3.63) is 34.3 Å². The predicted molar refractivity (Wildman–Crippen MR) is 99.7 cm³/mol. The molecule has 5 rings (SSSR count). The largest absolute Gasteiger partial charge is 0.273 e. The summed E-state index contributed by atoms with van der Waals surface area (Å²) in [7, 11) is 0. The van der Waals surface area contributed by atoms with Crippen LogP contribution in [0.3, 0.4) is 0 Å². The second kappa shape index (κ2) is 5.42. The Hall–Kier alpha value is -1.16.